The quantitative estimate of drug-likeness (QED) is 0.838. The lowest BCUT2D eigenvalue weighted by Gasteiger charge is -2.17. The third-order valence-electron chi connectivity index (χ3n) is 3.00. The molecule has 1 aromatic carbocycles. The van der Waals surface area contributed by atoms with Gasteiger partial charge in [0, 0.05) is 36.4 Å². The number of carbonyl (C=O) groups excluding carboxylic acids is 2. The maximum Gasteiger partial charge on any atom is 0.228 e. The summed E-state index contributed by atoms with van der Waals surface area (Å²) in [6.45, 7) is 3.07. The van der Waals surface area contributed by atoms with Crippen LogP contribution in [0.1, 0.15) is 18.9 Å². The number of carbonyl (C=O) groups is 2. The second kappa shape index (κ2) is 5.28. The van der Waals surface area contributed by atoms with Crippen LogP contribution in [0.25, 0.3) is 0 Å². The van der Waals surface area contributed by atoms with Crippen molar-refractivity contribution in [2.75, 3.05) is 11.4 Å². The van der Waals surface area contributed by atoms with Crippen LogP contribution in [0.5, 0.6) is 0 Å². The van der Waals surface area contributed by atoms with Gasteiger partial charge in [0.15, 0.2) is 5.12 Å². The number of amides is 1. The third kappa shape index (κ3) is 2.94. The van der Waals surface area contributed by atoms with Gasteiger partial charge >= 0.3 is 0 Å². The zero-order chi connectivity index (χ0) is 14.2. The molecule has 1 heterocycles. The minimum Gasteiger partial charge on any atom is -0.311 e. The van der Waals surface area contributed by atoms with Crippen LogP contribution in [-0.4, -0.2) is 22.8 Å². The number of halogens is 2. The fourth-order valence-corrected chi connectivity index (χ4v) is 2.94. The molecule has 6 heteroatoms. The standard InChI is InChI=1S/C13H13F2NO2S/c1-7-11(14)3-9(4-12(7)15)16-6-10(5-13(16)18)19-8(2)17/h3-4,10H,5-6H2,1-2H3. The van der Waals surface area contributed by atoms with Crippen molar-refractivity contribution < 1.29 is 18.4 Å². The number of nitrogens with zero attached hydrogens (tertiary/aromatic N) is 1. The van der Waals surface area contributed by atoms with Gasteiger partial charge in [0.1, 0.15) is 11.6 Å². The summed E-state index contributed by atoms with van der Waals surface area (Å²) in [7, 11) is 0. The molecule has 3 nitrogen and oxygen atoms in total. The van der Waals surface area contributed by atoms with Crippen molar-refractivity contribution in [1.82, 2.24) is 0 Å². The summed E-state index contributed by atoms with van der Waals surface area (Å²) in [5.41, 5.74) is 0.141. The number of hydrogen-bond acceptors (Lipinski definition) is 3. The van der Waals surface area contributed by atoms with Crippen LogP contribution in [0.3, 0.4) is 0 Å². The molecule has 0 bridgehead atoms. The molecule has 102 valence electrons. The van der Waals surface area contributed by atoms with Gasteiger partial charge in [0.25, 0.3) is 0 Å². The summed E-state index contributed by atoms with van der Waals surface area (Å²) < 4.78 is 27.0. The smallest absolute Gasteiger partial charge is 0.228 e. The van der Waals surface area contributed by atoms with E-state index in [1.165, 1.54) is 18.7 Å². The molecular weight excluding hydrogens is 272 g/mol. The molecule has 0 aromatic heterocycles. The Hall–Kier alpha value is -1.43. The van der Waals surface area contributed by atoms with Gasteiger partial charge in [-0.15, -0.1) is 0 Å². The molecular formula is C13H13F2NO2S. The average Bonchev–Trinajstić information content (AvgIpc) is 2.65. The Bertz CT molecular complexity index is 524. The molecule has 0 N–H and O–H groups in total. The van der Waals surface area contributed by atoms with Crippen LogP contribution in [0, 0.1) is 18.6 Å². The van der Waals surface area contributed by atoms with E-state index in [4.69, 9.17) is 0 Å². The van der Waals surface area contributed by atoms with E-state index in [2.05, 4.69) is 0 Å². The van der Waals surface area contributed by atoms with E-state index in [9.17, 15) is 18.4 Å². The first kappa shape index (κ1) is 14.0. The normalized spacial score (nSPS) is 19.1. The lowest BCUT2D eigenvalue weighted by Crippen LogP contribution is -2.25. The highest BCUT2D eigenvalue weighted by molar-refractivity contribution is 8.14. The molecule has 1 aromatic rings. The van der Waals surface area contributed by atoms with Crippen LogP contribution in [0.15, 0.2) is 12.1 Å². The lowest BCUT2D eigenvalue weighted by atomic mass is 10.2. The largest absolute Gasteiger partial charge is 0.311 e. The maximum absolute atomic E-state index is 13.5. The summed E-state index contributed by atoms with van der Waals surface area (Å²) in [5.74, 6) is -1.57. The maximum atomic E-state index is 13.5. The highest BCUT2D eigenvalue weighted by Crippen LogP contribution is 2.30. The van der Waals surface area contributed by atoms with Crippen LogP contribution < -0.4 is 4.90 Å². The fraction of sp³-hybridized carbons (Fsp3) is 0.385. The highest BCUT2D eigenvalue weighted by atomic mass is 32.2. The van der Waals surface area contributed by atoms with Crippen molar-refractivity contribution in [3.05, 3.63) is 29.3 Å². The first-order valence-corrected chi connectivity index (χ1v) is 6.69. The van der Waals surface area contributed by atoms with E-state index in [0.717, 1.165) is 23.9 Å². The molecule has 1 fully saturated rings. The Morgan fingerprint density at radius 1 is 1.37 bits per heavy atom. The second-order valence-electron chi connectivity index (χ2n) is 4.47. The van der Waals surface area contributed by atoms with Crippen molar-refractivity contribution >= 4 is 28.5 Å². The molecule has 0 saturated carbocycles. The molecule has 1 amide bonds. The van der Waals surface area contributed by atoms with Gasteiger partial charge < -0.3 is 4.90 Å². The highest BCUT2D eigenvalue weighted by Gasteiger charge is 2.32. The van der Waals surface area contributed by atoms with Crippen LogP contribution in [0.2, 0.25) is 0 Å². The number of rotatable bonds is 2. The van der Waals surface area contributed by atoms with Gasteiger partial charge in [0.2, 0.25) is 5.91 Å². The number of anilines is 1. The Morgan fingerprint density at radius 3 is 2.47 bits per heavy atom. The van der Waals surface area contributed by atoms with Crippen LogP contribution in [0.4, 0.5) is 14.5 Å². The Kier molecular flexibility index (Phi) is 3.89. The Morgan fingerprint density at radius 2 is 1.95 bits per heavy atom. The minimum atomic E-state index is -0.675. The van der Waals surface area contributed by atoms with Crippen molar-refractivity contribution in [2.24, 2.45) is 0 Å². The lowest BCUT2D eigenvalue weighted by molar-refractivity contribution is -0.117. The molecule has 1 aliphatic heterocycles. The van der Waals surface area contributed by atoms with Gasteiger partial charge in [-0.05, 0) is 19.1 Å². The SMILES string of the molecule is CC(=O)SC1CC(=O)N(c2cc(F)c(C)c(F)c2)C1. The van der Waals surface area contributed by atoms with Gasteiger partial charge in [-0.1, -0.05) is 11.8 Å². The van der Waals surface area contributed by atoms with E-state index in [1.54, 1.807) is 0 Å². The predicted molar refractivity (Wildman–Crippen MR) is 70.1 cm³/mol. The van der Waals surface area contributed by atoms with Gasteiger partial charge in [0.05, 0.1) is 0 Å². The van der Waals surface area contributed by atoms with E-state index in [1.807, 2.05) is 0 Å². The summed E-state index contributed by atoms with van der Waals surface area (Å²) >= 11 is 1.09. The van der Waals surface area contributed by atoms with E-state index in [0.29, 0.717) is 6.54 Å². The molecule has 1 atom stereocenters. The molecule has 1 aliphatic rings. The Labute approximate surface area is 114 Å². The van der Waals surface area contributed by atoms with E-state index >= 15 is 0 Å². The molecule has 0 radical (unpaired) electrons. The predicted octanol–water partition coefficient (Wildman–Crippen LogP) is 2.66. The van der Waals surface area contributed by atoms with Gasteiger partial charge in [-0.2, -0.15) is 0 Å². The third-order valence-corrected chi connectivity index (χ3v) is 3.98. The van der Waals surface area contributed by atoms with E-state index < -0.39 is 11.6 Å². The zero-order valence-corrected chi connectivity index (χ0v) is 11.4. The second-order valence-corrected chi connectivity index (χ2v) is 5.95. The number of benzene rings is 1. The summed E-state index contributed by atoms with van der Waals surface area (Å²) in [6, 6.07) is 2.30. The van der Waals surface area contributed by atoms with Crippen molar-refractivity contribution in [1.29, 1.82) is 0 Å². The molecule has 0 spiro atoms. The van der Waals surface area contributed by atoms with Crippen molar-refractivity contribution in [3.8, 4) is 0 Å². The van der Waals surface area contributed by atoms with Crippen LogP contribution in [-0.2, 0) is 9.59 Å². The first-order chi connectivity index (χ1) is 8.88. The average molecular weight is 285 g/mol. The minimum absolute atomic E-state index is 0.0648. The van der Waals surface area contributed by atoms with E-state index in [-0.39, 0.29) is 33.9 Å². The van der Waals surface area contributed by atoms with Gasteiger partial charge in [-0.25, -0.2) is 8.78 Å². The number of thioether (sulfide) groups is 1. The molecule has 2 rings (SSSR count). The molecule has 1 saturated heterocycles. The topological polar surface area (TPSA) is 37.4 Å². The summed E-state index contributed by atoms with van der Waals surface area (Å²) in [5, 5.41) is -0.224. The fourth-order valence-electron chi connectivity index (χ4n) is 2.03. The van der Waals surface area contributed by atoms with Crippen molar-refractivity contribution in [3.63, 3.8) is 0 Å². The monoisotopic (exact) mass is 285 g/mol. The summed E-state index contributed by atoms with van der Waals surface area (Å²) in [4.78, 5) is 24.2. The first-order valence-electron chi connectivity index (χ1n) is 5.81. The molecule has 0 aliphatic carbocycles. The molecule has 19 heavy (non-hydrogen) atoms. The zero-order valence-electron chi connectivity index (χ0n) is 10.6. The number of hydrogen-bond donors (Lipinski definition) is 0. The van der Waals surface area contributed by atoms with Crippen molar-refractivity contribution in [2.45, 2.75) is 25.5 Å². The van der Waals surface area contributed by atoms with Crippen LogP contribution >= 0.6 is 11.8 Å². The van der Waals surface area contributed by atoms with Gasteiger partial charge in [-0.3, -0.25) is 9.59 Å². The Balaban J connectivity index is 2.23. The molecule has 1 unspecified atom stereocenters. The summed E-state index contributed by atoms with van der Waals surface area (Å²) in [6.07, 6.45) is 0.210.